The summed E-state index contributed by atoms with van der Waals surface area (Å²) >= 11 is 0. The van der Waals surface area contributed by atoms with Gasteiger partial charge in [-0.2, -0.15) is 0 Å². The number of fused-ring (bicyclic) bond motifs is 4. The highest BCUT2D eigenvalue weighted by Gasteiger charge is 2.42. The summed E-state index contributed by atoms with van der Waals surface area (Å²) in [5.41, 5.74) is 6.39. The number of alkyl carbamates (subject to hydrolysis) is 1. The standard InChI is InChI=1S/C27H34N2O2/c1-4-18-6-5-7-20(14-18)21-8-9-23-22(15-21)16-27(2,3)25(23)28-26(30)31-24-17-29-12-10-19(24)11-13-29/h5-9,14-15,19,24-25H,4,10-13,16-17H2,1-3H3,(H,28,30)/t24-,25+/m1/s1. The van der Waals surface area contributed by atoms with Crippen LogP contribution in [0.5, 0.6) is 0 Å². The Bertz CT molecular complexity index is 975. The Morgan fingerprint density at radius 1 is 1.13 bits per heavy atom. The van der Waals surface area contributed by atoms with E-state index in [1.165, 1.54) is 27.8 Å². The van der Waals surface area contributed by atoms with Crippen molar-refractivity contribution in [2.75, 3.05) is 19.6 Å². The number of benzene rings is 2. The second kappa shape index (κ2) is 7.98. The van der Waals surface area contributed by atoms with Crippen LogP contribution in [0, 0.1) is 11.3 Å². The van der Waals surface area contributed by atoms with Crippen LogP contribution in [0.15, 0.2) is 42.5 Å². The number of amides is 1. The summed E-state index contributed by atoms with van der Waals surface area (Å²) in [6.45, 7) is 9.86. The van der Waals surface area contributed by atoms with Crippen molar-refractivity contribution in [1.82, 2.24) is 10.2 Å². The summed E-state index contributed by atoms with van der Waals surface area (Å²) in [5.74, 6) is 0.529. The molecule has 4 nitrogen and oxygen atoms in total. The highest BCUT2D eigenvalue weighted by atomic mass is 16.6. The fourth-order valence-electron chi connectivity index (χ4n) is 5.81. The topological polar surface area (TPSA) is 41.6 Å². The van der Waals surface area contributed by atoms with Gasteiger partial charge in [-0.15, -0.1) is 0 Å². The van der Waals surface area contributed by atoms with E-state index in [0.717, 1.165) is 45.3 Å². The molecule has 1 N–H and O–H groups in total. The van der Waals surface area contributed by atoms with Crippen molar-refractivity contribution >= 4 is 6.09 Å². The molecule has 3 heterocycles. The van der Waals surface area contributed by atoms with Gasteiger partial charge in [-0.1, -0.05) is 63.2 Å². The van der Waals surface area contributed by atoms with Crippen LogP contribution in [0.1, 0.15) is 56.3 Å². The molecule has 4 aliphatic rings. The van der Waals surface area contributed by atoms with Crippen molar-refractivity contribution in [2.45, 2.75) is 58.6 Å². The molecule has 3 aliphatic heterocycles. The lowest BCUT2D eigenvalue weighted by Crippen LogP contribution is -2.53. The average molecular weight is 419 g/mol. The van der Waals surface area contributed by atoms with E-state index in [2.05, 4.69) is 73.5 Å². The molecule has 0 unspecified atom stereocenters. The first-order valence-electron chi connectivity index (χ1n) is 11.8. The predicted octanol–water partition coefficient (Wildman–Crippen LogP) is 5.36. The maximum Gasteiger partial charge on any atom is 0.407 e. The zero-order valence-corrected chi connectivity index (χ0v) is 19.0. The summed E-state index contributed by atoms with van der Waals surface area (Å²) in [4.78, 5) is 15.3. The van der Waals surface area contributed by atoms with Crippen LogP contribution in [0.25, 0.3) is 11.1 Å². The minimum absolute atomic E-state index is 0.0212. The number of ether oxygens (including phenoxy) is 1. The number of aryl methyl sites for hydroxylation is 1. The molecule has 3 saturated heterocycles. The third kappa shape index (κ3) is 3.98. The molecule has 0 spiro atoms. The Kier molecular flexibility index (Phi) is 5.29. The largest absolute Gasteiger partial charge is 0.445 e. The molecule has 1 amide bonds. The summed E-state index contributed by atoms with van der Waals surface area (Å²) in [6.07, 6.45) is 4.08. The molecular formula is C27H34N2O2. The van der Waals surface area contributed by atoms with E-state index in [0.29, 0.717) is 5.92 Å². The second-order valence-electron chi connectivity index (χ2n) is 10.3. The second-order valence-corrected chi connectivity index (χ2v) is 10.3. The third-order valence-corrected chi connectivity index (χ3v) is 7.67. The number of piperidine rings is 3. The molecule has 3 fully saturated rings. The van der Waals surface area contributed by atoms with Gasteiger partial charge < -0.3 is 10.1 Å². The number of carbonyl (C=O) groups is 1. The van der Waals surface area contributed by atoms with E-state index in [1.807, 2.05) is 0 Å². The van der Waals surface area contributed by atoms with Crippen LogP contribution in [-0.2, 0) is 17.6 Å². The predicted molar refractivity (Wildman–Crippen MR) is 124 cm³/mol. The molecule has 0 aromatic heterocycles. The van der Waals surface area contributed by atoms with Crippen LogP contribution in [0.4, 0.5) is 4.79 Å². The van der Waals surface area contributed by atoms with Gasteiger partial charge in [0.25, 0.3) is 0 Å². The molecule has 2 aromatic carbocycles. The van der Waals surface area contributed by atoms with Gasteiger partial charge in [-0.05, 0) is 77.9 Å². The fraction of sp³-hybridized carbons (Fsp3) is 0.519. The van der Waals surface area contributed by atoms with Crippen LogP contribution >= 0.6 is 0 Å². The quantitative estimate of drug-likeness (QED) is 0.727. The molecule has 6 rings (SSSR count). The van der Waals surface area contributed by atoms with Gasteiger partial charge >= 0.3 is 6.09 Å². The van der Waals surface area contributed by atoms with E-state index in [4.69, 9.17) is 4.74 Å². The van der Waals surface area contributed by atoms with Crippen molar-refractivity contribution < 1.29 is 9.53 Å². The summed E-state index contributed by atoms with van der Waals surface area (Å²) < 4.78 is 5.92. The van der Waals surface area contributed by atoms with Gasteiger partial charge in [0, 0.05) is 6.54 Å². The zero-order valence-electron chi connectivity index (χ0n) is 19.0. The molecule has 0 saturated carbocycles. The van der Waals surface area contributed by atoms with Crippen LogP contribution in [0.2, 0.25) is 0 Å². The highest BCUT2D eigenvalue weighted by molar-refractivity contribution is 5.70. The Balaban J connectivity index is 1.33. The lowest BCUT2D eigenvalue weighted by Gasteiger charge is -2.44. The molecule has 0 radical (unpaired) electrons. The monoisotopic (exact) mass is 418 g/mol. The minimum Gasteiger partial charge on any atom is -0.445 e. The van der Waals surface area contributed by atoms with Crippen LogP contribution in [-0.4, -0.2) is 36.7 Å². The van der Waals surface area contributed by atoms with Gasteiger partial charge in [0.15, 0.2) is 0 Å². The molecule has 31 heavy (non-hydrogen) atoms. The lowest BCUT2D eigenvalue weighted by atomic mass is 9.85. The zero-order chi connectivity index (χ0) is 21.6. The first kappa shape index (κ1) is 20.6. The molecular weight excluding hydrogens is 384 g/mol. The third-order valence-electron chi connectivity index (χ3n) is 7.67. The van der Waals surface area contributed by atoms with Crippen molar-refractivity contribution in [3.05, 3.63) is 59.2 Å². The minimum atomic E-state index is -0.260. The van der Waals surface area contributed by atoms with E-state index in [-0.39, 0.29) is 23.7 Å². The first-order chi connectivity index (χ1) is 14.9. The highest BCUT2D eigenvalue weighted by Crippen LogP contribution is 2.46. The lowest BCUT2D eigenvalue weighted by molar-refractivity contribution is -0.0348. The smallest absolute Gasteiger partial charge is 0.407 e. The number of carbonyl (C=O) groups excluding carboxylic acids is 1. The normalized spacial score (nSPS) is 28.2. The van der Waals surface area contributed by atoms with Gasteiger partial charge in [0.1, 0.15) is 6.10 Å². The summed E-state index contributed by atoms with van der Waals surface area (Å²) in [6, 6.07) is 15.5. The number of rotatable bonds is 4. The number of hydrogen-bond donors (Lipinski definition) is 1. The molecule has 2 bridgehead atoms. The van der Waals surface area contributed by atoms with E-state index < -0.39 is 0 Å². The van der Waals surface area contributed by atoms with Crippen molar-refractivity contribution in [2.24, 2.45) is 11.3 Å². The summed E-state index contributed by atoms with van der Waals surface area (Å²) in [5, 5.41) is 3.23. The number of hydrogen-bond acceptors (Lipinski definition) is 3. The maximum atomic E-state index is 12.8. The van der Waals surface area contributed by atoms with Crippen molar-refractivity contribution in [1.29, 1.82) is 0 Å². The van der Waals surface area contributed by atoms with Crippen molar-refractivity contribution in [3.63, 3.8) is 0 Å². The van der Waals surface area contributed by atoms with E-state index in [1.54, 1.807) is 0 Å². The molecule has 1 aliphatic carbocycles. The maximum absolute atomic E-state index is 12.8. The average Bonchev–Trinajstić information content (AvgIpc) is 3.03. The van der Waals surface area contributed by atoms with Crippen molar-refractivity contribution in [3.8, 4) is 11.1 Å². The first-order valence-corrected chi connectivity index (χ1v) is 11.8. The van der Waals surface area contributed by atoms with Gasteiger partial charge in [-0.25, -0.2) is 4.79 Å². The van der Waals surface area contributed by atoms with Gasteiger partial charge in [0.05, 0.1) is 6.04 Å². The SMILES string of the molecule is CCc1cccc(-c2ccc3c(c2)CC(C)(C)[C@H]3NC(=O)O[C@@H]2CN3CCC2CC3)c1. The fourth-order valence-corrected chi connectivity index (χ4v) is 5.81. The Morgan fingerprint density at radius 2 is 1.90 bits per heavy atom. The molecule has 4 heteroatoms. The Hall–Kier alpha value is -2.33. The Morgan fingerprint density at radius 3 is 2.61 bits per heavy atom. The van der Waals surface area contributed by atoms with Crippen LogP contribution in [0.3, 0.4) is 0 Å². The van der Waals surface area contributed by atoms with Crippen LogP contribution < -0.4 is 5.32 Å². The molecule has 2 atom stereocenters. The van der Waals surface area contributed by atoms with E-state index in [9.17, 15) is 4.79 Å². The van der Waals surface area contributed by atoms with E-state index >= 15 is 0 Å². The molecule has 2 aromatic rings. The van der Waals surface area contributed by atoms with Gasteiger partial charge in [-0.3, -0.25) is 4.90 Å². The van der Waals surface area contributed by atoms with Gasteiger partial charge in [0.2, 0.25) is 0 Å². The number of nitrogens with zero attached hydrogens (tertiary/aromatic N) is 1. The molecule has 164 valence electrons. The number of nitrogens with one attached hydrogen (secondary N) is 1. The Labute approximate surface area is 186 Å². The summed E-state index contributed by atoms with van der Waals surface area (Å²) in [7, 11) is 0.